The van der Waals surface area contributed by atoms with E-state index in [1.54, 1.807) is 13.8 Å². The van der Waals surface area contributed by atoms with E-state index in [2.05, 4.69) is 4.98 Å². The molecular formula is C23H25NNaO4S. The van der Waals surface area contributed by atoms with Gasteiger partial charge >= 0.3 is 5.97 Å². The Bertz CT molecular complexity index is 972. The van der Waals surface area contributed by atoms with Gasteiger partial charge in [-0.25, -0.2) is 4.98 Å². The molecule has 1 heterocycles. The smallest absolute Gasteiger partial charge is 0.319 e. The number of thioether (sulfide) groups is 1. The Morgan fingerprint density at radius 3 is 2.60 bits per heavy atom. The van der Waals surface area contributed by atoms with Crippen molar-refractivity contribution < 1.29 is 19.1 Å². The minimum absolute atomic E-state index is 0. The third kappa shape index (κ3) is 6.64. The van der Waals surface area contributed by atoms with Crippen molar-refractivity contribution in [1.29, 1.82) is 0 Å². The predicted molar refractivity (Wildman–Crippen MR) is 121 cm³/mol. The number of hydrogen-bond acceptors (Lipinski definition) is 5. The van der Waals surface area contributed by atoms with Gasteiger partial charge in [-0.15, -0.1) is 11.8 Å². The average molecular weight is 435 g/mol. The van der Waals surface area contributed by atoms with E-state index >= 15 is 0 Å². The third-order valence-corrected chi connectivity index (χ3v) is 5.91. The monoisotopic (exact) mass is 434 g/mol. The number of carboxylic acids is 1. The van der Waals surface area contributed by atoms with Crippen molar-refractivity contribution in [3.05, 3.63) is 71.6 Å². The van der Waals surface area contributed by atoms with Gasteiger partial charge in [-0.3, -0.25) is 4.79 Å². The maximum Gasteiger partial charge on any atom is 0.319 e. The Hall–Kier alpha value is -1.73. The van der Waals surface area contributed by atoms with Crippen molar-refractivity contribution in [2.75, 3.05) is 6.61 Å². The van der Waals surface area contributed by atoms with Crippen LogP contribution in [0.15, 0.2) is 59.0 Å². The molecule has 0 spiro atoms. The number of rotatable bonds is 9. The number of ether oxygens (including phenoxy) is 1. The zero-order chi connectivity index (χ0) is 20.9. The van der Waals surface area contributed by atoms with E-state index in [0.29, 0.717) is 24.7 Å². The van der Waals surface area contributed by atoms with E-state index in [1.165, 1.54) is 11.8 Å². The standard InChI is InChI=1S/C23H25NO4S.Na/c1-16-20(24-21(28-16)18-9-5-4-6-10-18)12-13-27-19-11-7-8-17(14-19)15-29-23(2,3)22(25)26;/h4-11,14H,12-13,15H2,1-3H3,(H,25,26);. The zero-order valence-electron chi connectivity index (χ0n) is 17.8. The third-order valence-electron chi connectivity index (χ3n) is 4.53. The van der Waals surface area contributed by atoms with Crippen molar-refractivity contribution in [1.82, 2.24) is 4.98 Å². The molecule has 3 aromatic rings. The number of hydrogen-bond donors (Lipinski definition) is 1. The summed E-state index contributed by atoms with van der Waals surface area (Å²) in [5.74, 6) is 1.99. The molecule has 0 atom stereocenters. The SMILES string of the molecule is Cc1oc(-c2ccccc2)nc1CCOc1cccc(CSC(C)(C)C(=O)O)c1.[Na]. The van der Waals surface area contributed by atoms with Crippen LogP contribution in [0.4, 0.5) is 0 Å². The van der Waals surface area contributed by atoms with Crippen molar-refractivity contribution in [2.24, 2.45) is 0 Å². The van der Waals surface area contributed by atoms with Gasteiger partial charge in [0.15, 0.2) is 0 Å². The van der Waals surface area contributed by atoms with Crippen LogP contribution < -0.4 is 4.74 Å². The summed E-state index contributed by atoms with van der Waals surface area (Å²) in [5, 5.41) is 9.24. The maximum atomic E-state index is 11.2. The molecule has 0 unspecified atom stereocenters. The normalized spacial score (nSPS) is 11.0. The number of carboxylic acid groups (broad SMARTS) is 1. The number of nitrogens with zero attached hydrogens (tertiary/aromatic N) is 1. The van der Waals surface area contributed by atoms with Crippen LogP contribution in [0.1, 0.15) is 30.9 Å². The quantitative estimate of drug-likeness (QED) is 0.479. The first-order valence-electron chi connectivity index (χ1n) is 9.46. The minimum Gasteiger partial charge on any atom is -0.493 e. The molecule has 0 saturated carbocycles. The Morgan fingerprint density at radius 2 is 1.90 bits per heavy atom. The molecule has 2 aromatic carbocycles. The molecule has 1 aromatic heterocycles. The zero-order valence-corrected chi connectivity index (χ0v) is 20.7. The van der Waals surface area contributed by atoms with Crippen molar-refractivity contribution in [3.8, 4) is 17.2 Å². The fourth-order valence-electron chi connectivity index (χ4n) is 2.68. The van der Waals surface area contributed by atoms with E-state index in [9.17, 15) is 9.90 Å². The summed E-state index contributed by atoms with van der Waals surface area (Å²) in [7, 11) is 0. The Kier molecular flexibility index (Phi) is 9.04. The van der Waals surface area contributed by atoms with Gasteiger partial charge in [0.2, 0.25) is 5.89 Å². The fraction of sp³-hybridized carbons (Fsp3) is 0.304. The van der Waals surface area contributed by atoms with Gasteiger partial charge in [0.1, 0.15) is 16.3 Å². The second-order valence-corrected chi connectivity index (χ2v) is 8.84. The molecule has 1 radical (unpaired) electrons. The topological polar surface area (TPSA) is 72.6 Å². The molecule has 30 heavy (non-hydrogen) atoms. The molecule has 0 aliphatic carbocycles. The van der Waals surface area contributed by atoms with E-state index in [4.69, 9.17) is 9.15 Å². The summed E-state index contributed by atoms with van der Waals surface area (Å²) < 4.78 is 10.9. The fourth-order valence-corrected chi connectivity index (χ4v) is 3.51. The maximum absolute atomic E-state index is 11.2. The van der Waals surface area contributed by atoms with Crippen molar-refractivity contribution >= 4 is 47.3 Å². The van der Waals surface area contributed by atoms with Crippen LogP contribution in [0.5, 0.6) is 5.75 Å². The van der Waals surface area contributed by atoms with Gasteiger partial charge in [0, 0.05) is 47.3 Å². The van der Waals surface area contributed by atoms with E-state index in [1.807, 2.05) is 61.5 Å². The first kappa shape index (κ1) is 24.5. The van der Waals surface area contributed by atoms with Gasteiger partial charge in [-0.1, -0.05) is 30.3 Å². The largest absolute Gasteiger partial charge is 0.493 e. The molecule has 1 N–H and O–H groups in total. The van der Waals surface area contributed by atoms with Gasteiger partial charge in [-0.2, -0.15) is 0 Å². The summed E-state index contributed by atoms with van der Waals surface area (Å²) in [5.41, 5.74) is 2.88. The van der Waals surface area contributed by atoms with Crippen LogP contribution in [0, 0.1) is 6.92 Å². The summed E-state index contributed by atoms with van der Waals surface area (Å²) in [6.07, 6.45) is 0.646. The second-order valence-electron chi connectivity index (χ2n) is 7.24. The van der Waals surface area contributed by atoms with Crippen LogP contribution in [0.25, 0.3) is 11.5 Å². The average Bonchev–Trinajstić information content (AvgIpc) is 3.08. The molecule has 0 amide bonds. The van der Waals surface area contributed by atoms with Gasteiger partial charge in [0.25, 0.3) is 0 Å². The molecule has 0 fully saturated rings. The van der Waals surface area contributed by atoms with Gasteiger partial charge in [0.05, 0.1) is 12.3 Å². The van der Waals surface area contributed by atoms with Crippen LogP contribution in [0.2, 0.25) is 0 Å². The summed E-state index contributed by atoms with van der Waals surface area (Å²) >= 11 is 1.39. The van der Waals surface area contributed by atoms with Crippen molar-refractivity contribution in [3.63, 3.8) is 0 Å². The molecule has 0 aliphatic heterocycles. The predicted octanol–water partition coefficient (Wildman–Crippen LogP) is 4.99. The van der Waals surface area contributed by atoms with Gasteiger partial charge in [-0.05, 0) is 50.6 Å². The summed E-state index contributed by atoms with van der Waals surface area (Å²) in [6.45, 7) is 5.82. The molecule has 3 rings (SSSR count). The first-order valence-corrected chi connectivity index (χ1v) is 10.4. The molecule has 5 nitrogen and oxygen atoms in total. The first-order chi connectivity index (χ1) is 13.8. The summed E-state index contributed by atoms with van der Waals surface area (Å²) in [6, 6.07) is 17.6. The van der Waals surface area contributed by atoms with Crippen LogP contribution in [-0.4, -0.2) is 57.0 Å². The Morgan fingerprint density at radius 1 is 1.17 bits per heavy atom. The Labute approximate surface area is 203 Å². The van der Waals surface area contributed by atoms with E-state index < -0.39 is 10.7 Å². The molecule has 0 saturated heterocycles. The molecule has 0 bridgehead atoms. The van der Waals surface area contributed by atoms with Crippen LogP contribution in [-0.2, 0) is 17.0 Å². The number of oxazole rings is 1. The molecular weight excluding hydrogens is 409 g/mol. The second kappa shape index (κ2) is 11.0. The van der Waals surface area contributed by atoms with Crippen LogP contribution in [0.3, 0.4) is 0 Å². The molecule has 7 heteroatoms. The van der Waals surface area contributed by atoms with Gasteiger partial charge < -0.3 is 14.3 Å². The Balaban J connectivity index is 0.00000320. The summed E-state index contributed by atoms with van der Waals surface area (Å²) in [4.78, 5) is 15.8. The van der Waals surface area contributed by atoms with E-state index in [-0.39, 0.29) is 29.6 Å². The van der Waals surface area contributed by atoms with E-state index in [0.717, 1.165) is 28.3 Å². The number of aromatic nitrogens is 1. The number of aliphatic carboxylic acids is 1. The van der Waals surface area contributed by atoms with Crippen molar-refractivity contribution in [2.45, 2.75) is 37.7 Å². The molecule has 153 valence electrons. The number of carbonyl (C=O) groups is 1. The molecule has 0 aliphatic rings. The number of aryl methyl sites for hydroxylation is 1. The van der Waals surface area contributed by atoms with Crippen LogP contribution >= 0.6 is 11.8 Å². The minimum atomic E-state index is -0.822. The number of benzene rings is 2.